The van der Waals surface area contributed by atoms with Crippen LogP contribution in [0.5, 0.6) is 0 Å². The first-order chi connectivity index (χ1) is 18.2. The van der Waals surface area contributed by atoms with Crippen molar-refractivity contribution in [3.8, 4) is 0 Å². The largest absolute Gasteiger partial charge is 0.454 e. The maximum Gasteiger partial charge on any atom is 0.326 e. The maximum absolute atomic E-state index is 13.2. The van der Waals surface area contributed by atoms with Gasteiger partial charge in [0.2, 0.25) is 10.0 Å². The maximum atomic E-state index is 13.2. The zero-order chi connectivity index (χ0) is 28.6. The predicted molar refractivity (Wildman–Crippen MR) is 143 cm³/mol. The molecule has 0 radical (unpaired) electrons. The molecule has 3 aliphatic rings. The molecular formula is C26H35ClN4O7S. The van der Waals surface area contributed by atoms with E-state index in [4.69, 9.17) is 16.3 Å². The average molecular weight is 583 g/mol. The van der Waals surface area contributed by atoms with Crippen LogP contribution in [0.15, 0.2) is 23.1 Å². The van der Waals surface area contributed by atoms with Gasteiger partial charge in [0.05, 0.1) is 15.6 Å². The quantitative estimate of drug-likeness (QED) is 0.371. The van der Waals surface area contributed by atoms with Gasteiger partial charge in [0, 0.05) is 13.1 Å². The van der Waals surface area contributed by atoms with E-state index in [-0.39, 0.29) is 26.9 Å². The molecule has 1 spiro atoms. The lowest BCUT2D eigenvalue weighted by atomic mass is 9.64. The Bertz CT molecular complexity index is 1280. The minimum absolute atomic E-state index is 0.00575. The molecule has 0 aromatic heterocycles. The Morgan fingerprint density at radius 3 is 2.51 bits per heavy atom. The molecule has 0 unspecified atom stereocenters. The number of hydrogen-bond donors (Lipinski definition) is 2. The zero-order valence-corrected chi connectivity index (χ0v) is 24.0. The number of benzene rings is 1. The molecule has 4 rings (SSSR count). The number of nitrogens with one attached hydrogen (secondary N) is 2. The van der Waals surface area contributed by atoms with Crippen LogP contribution in [-0.4, -0.2) is 73.2 Å². The number of esters is 1. The standard InChI is InChI=1S/C26H35ClN4O7S/c1-17-12-25(2,3)16-26(13-17)23(34)31(24(35)29-26)14-22(33)38-15-21(32)28-20-11-18(7-8-19(20)27)39(36,37)30-9-5-4-6-10-30/h7-8,11,17H,4-6,9-10,12-16H2,1-3H3,(H,28,32)(H,29,35)/t17-,26-/m1/s1. The van der Waals surface area contributed by atoms with E-state index < -0.39 is 52.5 Å². The van der Waals surface area contributed by atoms with Gasteiger partial charge in [0.25, 0.3) is 11.8 Å². The van der Waals surface area contributed by atoms with Crippen LogP contribution in [0.3, 0.4) is 0 Å². The van der Waals surface area contributed by atoms with Crippen molar-refractivity contribution in [2.45, 2.75) is 69.7 Å². The minimum atomic E-state index is -3.75. The highest BCUT2D eigenvalue weighted by molar-refractivity contribution is 7.89. The third-order valence-corrected chi connectivity index (χ3v) is 9.66. The number of imide groups is 1. The van der Waals surface area contributed by atoms with Gasteiger partial charge in [-0.25, -0.2) is 13.2 Å². The van der Waals surface area contributed by atoms with Crippen molar-refractivity contribution in [3.63, 3.8) is 0 Å². The molecule has 1 saturated carbocycles. The van der Waals surface area contributed by atoms with Gasteiger partial charge in [-0.15, -0.1) is 0 Å². The van der Waals surface area contributed by atoms with E-state index in [2.05, 4.69) is 10.6 Å². The fraction of sp³-hybridized carbons (Fsp3) is 0.615. The second-order valence-corrected chi connectivity index (χ2v) is 13.9. The number of carbonyl (C=O) groups is 4. The third kappa shape index (κ3) is 6.38. The number of rotatable bonds is 7. The van der Waals surface area contributed by atoms with Crippen LogP contribution in [0.25, 0.3) is 0 Å². The van der Waals surface area contributed by atoms with Crippen molar-refractivity contribution in [1.29, 1.82) is 0 Å². The molecule has 3 fully saturated rings. The number of amides is 4. The molecule has 11 nitrogen and oxygen atoms in total. The number of ether oxygens (including phenoxy) is 1. The first kappa shape index (κ1) is 29.3. The monoisotopic (exact) mass is 582 g/mol. The van der Waals surface area contributed by atoms with Crippen LogP contribution in [0.4, 0.5) is 10.5 Å². The Morgan fingerprint density at radius 2 is 1.85 bits per heavy atom. The van der Waals surface area contributed by atoms with Crippen LogP contribution in [0.2, 0.25) is 5.02 Å². The molecule has 13 heteroatoms. The predicted octanol–water partition coefficient (Wildman–Crippen LogP) is 3.13. The number of sulfonamides is 1. The summed E-state index contributed by atoms with van der Waals surface area (Å²) in [5.41, 5.74) is -1.14. The molecule has 1 aliphatic carbocycles. The topological polar surface area (TPSA) is 142 Å². The molecule has 2 aliphatic heterocycles. The Balaban J connectivity index is 1.34. The normalized spacial score (nSPS) is 25.4. The summed E-state index contributed by atoms with van der Waals surface area (Å²) in [4.78, 5) is 51.5. The van der Waals surface area contributed by atoms with Crippen molar-refractivity contribution in [2.75, 3.05) is 31.6 Å². The first-order valence-electron chi connectivity index (χ1n) is 13.1. The Morgan fingerprint density at radius 1 is 1.15 bits per heavy atom. The fourth-order valence-electron chi connectivity index (χ4n) is 6.17. The van der Waals surface area contributed by atoms with Crippen molar-refractivity contribution in [2.24, 2.45) is 11.3 Å². The molecular weight excluding hydrogens is 548 g/mol. The molecule has 0 bridgehead atoms. The molecule has 4 amide bonds. The highest BCUT2D eigenvalue weighted by atomic mass is 35.5. The van der Waals surface area contributed by atoms with Crippen LogP contribution in [0.1, 0.15) is 59.3 Å². The molecule has 2 saturated heterocycles. The summed E-state index contributed by atoms with van der Waals surface area (Å²) in [6, 6.07) is 3.36. The van der Waals surface area contributed by atoms with Gasteiger partial charge in [0.15, 0.2) is 6.61 Å². The van der Waals surface area contributed by atoms with Gasteiger partial charge in [-0.2, -0.15) is 4.31 Å². The number of hydrogen-bond acceptors (Lipinski definition) is 7. The molecule has 214 valence electrons. The second-order valence-electron chi connectivity index (χ2n) is 11.6. The Labute approximate surface area is 233 Å². The number of anilines is 1. The van der Waals surface area contributed by atoms with Gasteiger partial charge >= 0.3 is 12.0 Å². The number of halogens is 1. The number of nitrogens with zero attached hydrogens (tertiary/aromatic N) is 2. The summed E-state index contributed by atoms with van der Waals surface area (Å²) in [7, 11) is -3.75. The molecule has 1 aromatic carbocycles. The fourth-order valence-corrected chi connectivity index (χ4v) is 7.88. The van der Waals surface area contributed by atoms with Crippen molar-refractivity contribution in [1.82, 2.24) is 14.5 Å². The molecule has 2 heterocycles. The van der Waals surface area contributed by atoms with E-state index in [1.807, 2.05) is 20.8 Å². The van der Waals surface area contributed by atoms with Gasteiger partial charge in [-0.05, 0) is 61.6 Å². The zero-order valence-electron chi connectivity index (χ0n) is 22.4. The van der Waals surface area contributed by atoms with Crippen molar-refractivity contribution >= 4 is 51.1 Å². The van der Waals surface area contributed by atoms with Gasteiger partial charge in [-0.1, -0.05) is 38.8 Å². The highest BCUT2D eigenvalue weighted by Gasteiger charge is 2.56. The Kier molecular flexibility index (Phi) is 8.30. The van der Waals surface area contributed by atoms with Gasteiger partial charge in [0.1, 0.15) is 12.1 Å². The molecule has 2 atom stereocenters. The van der Waals surface area contributed by atoms with Crippen LogP contribution in [-0.2, 0) is 29.1 Å². The summed E-state index contributed by atoms with van der Waals surface area (Å²) in [6.45, 7) is 5.64. The lowest BCUT2D eigenvalue weighted by molar-refractivity contribution is -0.150. The van der Waals surface area contributed by atoms with Crippen LogP contribution < -0.4 is 10.6 Å². The van der Waals surface area contributed by atoms with E-state index in [0.717, 1.165) is 30.6 Å². The average Bonchev–Trinajstić information content (AvgIpc) is 3.06. The lowest BCUT2D eigenvalue weighted by Crippen LogP contribution is -2.54. The highest BCUT2D eigenvalue weighted by Crippen LogP contribution is 2.46. The van der Waals surface area contributed by atoms with Gasteiger partial charge in [-0.3, -0.25) is 19.3 Å². The van der Waals surface area contributed by atoms with E-state index in [1.165, 1.54) is 22.5 Å². The van der Waals surface area contributed by atoms with E-state index >= 15 is 0 Å². The van der Waals surface area contributed by atoms with E-state index in [1.54, 1.807) is 0 Å². The second kappa shape index (κ2) is 11.1. The summed E-state index contributed by atoms with van der Waals surface area (Å²) in [5.74, 6) is -1.93. The van der Waals surface area contributed by atoms with Gasteiger partial charge < -0.3 is 15.4 Å². The molecule has 39 heavy (non-hydrogen) atoms. The molecule has 2 N–H and O–H groups in total. The Hall–Kier alpha value is -2.70. The summed E-state index contributed by atoms with van der Waals surface area (Å²) < 4.78 is 32.4. The number of piperidine rings is 1. The summed E-state index contributed by atoms with van der Waals surface area (Å²) in [6.07, 6.45) is 4.42. The van der Waals surface area contributed by atoms with E-state index in [9.17, 15) is 27.6 Å². The minimum Gasteiger partial charge on any atom is -0.454 e. The first-order valence-corrected chi connectivity index (χ1v) is 14.9. The van der Waals surface area contributed by atoms with E-state index in [0.29, 0.717) is 25.9 Å². The summed E-state index contributed by atoms with van der Waals surface area (Å²) in [5, 5.41) is 5.36. The smallest absolute Gasteiger partial charge is 0.326 e. The summed E-state index contributed by atoms with van der Waals surface area (Å²) >= 11 is 6.17. The number of urea groups is 1. The molecule has 1 aromatic rings. The third-order valence-electron chi connectivity index (χ3n) is 7.44. The van der Waals surface area contributed by atoms with Crippen LogP contribution in [0, 0.1) is 11.3 Å². The van der Waals surface area contributed by atoms with Crippen molar-refractivity contribution in [3.05, 3.63) is 23.2 Å². The SMILES string of the molecule is C[C@@H]1CC(C)(C)C[C@@]2(C1)NC(=O)N(CC(=O)OCC(=O)Nc1cc(S(=O)(=O)N3CCCCC3)ccc1Cl)C2=O. The number of carbonyl (C=O) groups excluding carboxylic acids is 4. The van der Waals surface area contributed by atoms with Crippen molar-refractivity contribution < 1.29 is 32.3 Å². The lowest BCUT2D eigenvalue weighted by Gasteiger charge is -2.43. The van der Waals surface area contributed by atoms with Crippen LogP contribution >= 0.6 is 11.6 Å².